The average Bonchev–Trinajstić information content (AvgIpc) is 2.65. The molecule has 0 saturated heterocycles. The highest BCUT2D eigenvalue weighted by atomic mass is 15.4. The van der Waals surface area contributed by atoms with E-state index in [9.17, 15) is 0 Å². The number of hydrogen-bond acceptors (Lipinski definition) is 2. The van der Waals surface area contributed by atoms with Gasteiger partial charge in [0.25, 0.3) is 0 Å². The van der Waals surface area contributed by atoms with E-state index in [0.717, 1.165) is 6.54 Å². The second kappa shape index (κ2) is 7.59. The van der Waals surface area contributed by atoms with Crippen molar-refractivity contribution in [3.63, 3.8) is 0 Å². The SMILES string of the molecule is CCCCCCCCN1C=CN(CC)C1C. The lowest BCUT2D eigenvalue weighted by Gasteiger charge is -2.28. The van der Waals surface area contributed by atoms with Crippen molar-refractivity contribution in [3.8, 4) is 0 Å². The van der Waals surface area contributed by atoms with Gasteiger partial charge in [-0.3, -0.25) is 0 Å². The second-order valence-electron chi connectivity index (χ2n) is 4.77. The topological polar surface area (TPSA) is 6.48 Å². The van der Waals surface area contributed by atoms with E-state index in [1.54, 1.807) is 0 Å². The zero-order valence-corrected chi connectivity index (χ0v) is 11.3. The Balaban J connectivity index is 2.04. The van der Waals surface area contributed by atoms with Gasteiger partial charge in [0.1, 0.15) is 0 Å². The summed E-state index contributed by atoms with van der Waals surface area (Å²) in [5.74, 6) is 0. The molecule has 1 aliphatic rings. The van der Waals surface area contributed by atoms with E-state index in [-0.39, 0.29) is 0 Å². The van der Waals surface area contributed by atoms with Crippen LogP contribution in [0.4, 0.5) is 0 Å². The van der Waals surface area contributed by atoms with Gasteiger partial charge in [0, 0.05) is 25.5 Å². The first-order valence-electron chi connectivity index (χ1n) is 6.99. The fourth-order valence-electron chi connectivity index (χ4n) is 2.32. The molecule has 0 saturated carbocycles. The molecule has 0 aromatic heterocycles. The Morgan fingerprint density at radius 3 is 2.12 bits per heavy atom. The van der Waals surface area contributed by atoms with Crippen molar-refractivity contribution in [1.29, 1.82) is 0 Å². The lowest BCUT2D eigenvalue weighted by Crippen LogP contribution is -2.36. The van der Waals surface area contributed by atoms with Gasteiger partial charge in [0.15, 0.2) is 0 Å². The molecule has 0 aromatic carbocycles. The molecule has 0 aliphatic carbocycles. The van der Waals surface area contributed by atoms with Crippen LogP contribution in [0.3, 0.4) is 0 Å². The van der Waals surface area contributed by atoms with Crippen LogP contribution in [-0.4, -0.2) is 29.1 Å². The Hall–Kier alpha value is -0.660. The molecule has 0 bridgehead atoms. The number of hydrogen-bond donors (Lipinski definition) is 0. The molecule has 1 unspecified atom stereocenters. The van der Waals surface area contributed by atoms with E-state index in [4.69, 9.17) is 0 Å². The van der Waals surface area contributed by atoms with E-state index < -0.39 is 0 Å². The van der Waals surface area contributed by atoms with Crippen LogP contribution < -0.4 is 0 Å². The van der Waals surface area contributed by atoms with Crippen LogP contribution >= 0.6 is 0 Å². The minimum atomic E-state index is 0.570. The van der Waals surface area contributed by atoms with E-state index in [1.807, 2.05) is 0 Å². The number of rotatable bonds is 8. The highest BCUT2D eigenvalue weighted by Gasteiger charge is 2.19. The molecule has 2 heteroatoms. The van der Waals surface area contributed by atoms with Crippen molar-refractivity contribution in [3.05, 3.63) is 12.4 Å². The largest absolute Gasteiger partial charge is 0.357 e. The van der Waals surface area contributed by atoms with Crippen molar-refractivity contribution in [2.75, 3.05) is 13.1 Å². The summed E-state index contributed by atoms with van der Waals surface area (Å²) in [7, 11) is 0. The highest BCUT2D eigenvalue weighted by molar-refractivity contribution is 4.94. The zero-order chi connectivity index (χ0) is 11.8. The maximum absolute atomic E-state index is 2.46. The minimum Gasteiger partial charge on any atom is -0.357 e. The molecular weight excluding hydrogens is 196 g/mol. The summed E-state index contributed by atoms with van der Waals surface area (Å²) in [6.07, 6.45) is 13.4. The van der Waals surface area contributed by atoms with Crippen molar-refractivity contribution in [2.45, 2.75) is 65.5 Å². The smallest absolute Gasteiger partial charge is 0.0977 e. The van der Waals surface area contributed by atoms with E-state index in [2.05, 4.69) is 43.0 Å². The molecule has 0 radical (unpaired) electrons. The summed E-state index contributed by atoms with van der Waals surface area (Å²) in [5, 5.41) is 0. The zero-order valence-electron chi connectivity index (χ0n) is 11.3. The van der Waals surface area contributed by atoms with Crippen LogP contribution in [0, 0.1) is 0 Å². The molecule has 1 heterocycles. The van der Waals surface area contributed by atoms with Crippen LogP contribution in [0.1, 0.15) is 59.3 Å². The molecule has 16 heavy (non-hydrogen) atoms. The predicted molar refractivity (Wildman–Crippen MR) is 71.1 cm³/mol. The second-order valence-corrected chi connectivity index (χ2v) is 4.77. The summed E-state index contributed by atoms with van der Waals surface area (Å²) in [6.45, 7) is 9.12. The summed E-state index contributed by atoms with van der Waals surface area (Å²) in [4.78, 5) is 4.85. The van der Waals surface area contributed by atoms with Crippen LogP contribution in [-0.2, 0) is 0 Å². The fourth-order valence-corrected chi connectivity index (χ4v) is 2.32. The van der Waals surface area contributed by atoms with Crippen LogP contribution in [0.5, 0.6) is 0 Å². The Morgan fingerprint density at radius 2 is 1.50 bits per heavy atom. The lowest BCUT2D eigenvalue weighted by atomic mass is 10.1. The summed E-state index contributed by atoms with van der Waals surface area (Å²) < 4.78 is 0. The predicted octanol–water partition coefficient (Wildman–Crippen LogP) is 3.80. The van der Waals surface area contributed by atoms with Gasteiger partial charge in [-0.2, -0.15) is 0 Å². The molecule has 0 N–H and O–H groups in total. The summed E-state index contributed by atoms with van der Waals surface area (Å²) in [5.41, 5.74) is 0. The molecule has 1 atom stereocenters. The van der Waals surface area contributed by atoms with Gasteiger partial charge < -0.3 is 9.80 Å². The molecule has 1 aliphatic heterocycles. The van der Waals surface area contributed by atoms with Crippen LogP contribution in [0.25, 0.3) is 0 Å². The van der Waals surface area contributed by atoms with Crippen molar-refractivity contribution >= 4 is 0 Å². The average molecular weight is 224 g/mol. The molecular formula is C14H28N2. The van der Waals surface area contributed by atoms with Gasteiger partial charge in [-0.1, -0.05) is 39.0 Å². The van der Waals surface area contributed by atoms with Crippen LogP contribution in [0.15, 0.2) is 12.4 Å². The van der Waals surface area contributed by atoms with Crippen molar-refractivity contribution in [1.82, 2.24) is 9.80 Å². The van der Waals surface area contributed by atoms with Crippen molar-refractivity contribution < 1.29 is 0 Å². The van der Waals surface area contributed by atoms with Crippen molar-refractivity contribution in [2.24, 2.45) is 0 Å². The fraction of sp³-hybridized carbons (Fsp3) is 0.857. The van der Waals surface area contributed by atoms with Gasteiger partial charge in [-0.25, -0.2) is 0 Å². The molecule has 0 amide bonds. The molecule has 94 valence electrons. The Labute approximate surface area is 101 Å². The lowest BCUT2D eigenvalue weighted by molar-refractivity contribution is 0.173. The van der Waals surface area contributed by atoms with Gasteiger partial charge in [0.05, 0.1) is 6.17 Å². The Kier molecular flexibility index (Phi) is 6.36. The first kappa shape index (κ1) is 13.4. The molecule has 1 rings (SSSR count). The first-order chi connectivity index (χ1) is 7.79. The number of nitrogens with zero attached hydrogens (tertiary/aromatic N) is 2. The first-order valence-corrected chi connectivity index (χ1v) is 6.99. The highest BCUT2D eigenvalue weighted by Crippen LogP contribution is 2.16. The third-order valence-electron chi connectivity index (χ3n) is 3.54. The van der Waals surface area contributed by atoms with E-state index >= 15 is 0 Å². The van der Waals surface area contributed by atoms with Gasteiger partial charge >= 0.3 is 0 Å². The monoisotopic (exact) mass is 224 g/mol. The van der Waals surface area contributed by atoms with E-state index in [1.165, 1.54) is 45.1 Å². The van der Waals surface area contributed by atoms with E-state index in [0.29, 0.717) is 6.17 Å². The normalized spacial score (nSPS) is 19.8. The molecule has 0 aromatic rings. The molecule has 0 spiro atoms. The molecule has 2 nitrogen and oxygen atoms in total. The van der Waals surface area contributed by atoms with Gasteiger partial charge in [-0.05, 0) is 20.3 Å². The maximum Gasteiger partial charge on any atom is 0.0977 e. The minimum absolute atomic E-state index is 0.570. The maximum atomic E-state index is 2.46. The summed E-state index contributed by atoms with van der Waals surface area (Å²) >= 11 is 0. The van der Waals surface area contributed by atoms with Gasteiger partial charge in [0.2, 0.25) is 0 Å². The quantitative estimate of drug-likeness (QED) is 0.579. The van der Waals surface area contributed by atoms with Crippen LogP contribution in [0.2, 0.25) is 0 Å². The Morgan fingerprint density at radius 1 is 0.875 bits per heavy atom. The van der Waals surface area contributed by atoms with Gasteiger partial charge in [-0.15, -0.1) is 0 Å². The third kappa shape index (κ3) is 4.07. The third-order valence-corrected chi connectivity index (χ3v) is 3.54. The summed E-state index contributed by atoms with van der Waals surface area (Å²) in [6, 6.07) is 0. The standard InChI is InChI=1S/C14H28N2/c1-4-6-7-8-9-10-11-16-13-12-15(5-2)14(16)3/h12-14H,4-11H2,1-3H3. The Bertz CT molecular complexity index is 201. The molecule has 0 fully saturated rings. The number of unbranched alkanes of at least 4 members (excludes halogenated alkanes) is 5.